The van der Waals surface area contributed by atoms with E-state index < -0.39 is 32.5 Å². The Morgan fingerprint density at radius 2 is 0.923 bits per heavy atom. The van der Waals surface area contributed by atoms with Gasteiger partial charge in [-0.25, -0.2) is 4.57 Å². The molecular formula is C43H75O8P. The van der Waals surface area contributed by atoms with Crippen LogP contribution in [-0.2, 0) is 28.2 Å². The van der Waals surface area contributed by atoms with Gasteiger partial charge in [0.1, 0.15) is 6.61 Å². The zero-order valence-corrected chi connectivity index (χ0v) is 33.8. The number of allylic oxidation sites excluding steroid dienone is 10. The van der Waals surface area contributed by atoms with Crippen LogP contribution in [-0.4, -0.2) is 41.0 Å². The highest BCUT2D eigenvalue weighted by atomic mass is 31.2. The molecule has 300 valence electrons. The molecule has 0 aliphatic heterocycles. The third-order valence-corrected chi connectivity index (χ3v) is 9.01. The minimum atomic E-state index is -4.76. The number of hydrogen-bond donors (Lipinski definition) is 2. The van der Waals surface area contributed by atoms with E-state index >= 15 is 0 Å². The van der Waals surface area contributed by atoms with Gasteiger partial charge in [-0.15, -0.1) is 0 Å². The lowest BCUT2D eigenvalue weighted by Crippen LogP contribution is -2.29. The maximum absolute atomic E-state index is 12.4. The van der Waals surface area contributed by atoms with E-state index in [2.05, 4.69) is 79.1 Å². The first-order valence-electron chi connectivity index (χ1n) is 20.6. The van der Waals surface area contributed by atoms with Gasteiger partial charge in [-0.2, -0.15) is 0 Å². The Bertz CT molecular complexity index is 1030. The molecule has 52 heavy (non-hydrogen) atoms. The van der Waals surface area contributed by atoms with Crippen LogP contribution in [0.25, 0.3) is 0 Å². The molecule has 2 N–H and O–H groups in total. The van der Waals surface area contributed by atoms with E-state index in [4.69, 9.17) is 19.3 Å². The number of phosphoric acid groups is 1. The van der Waals surface area contributed by atoms with Gasteiger partial charge in [0.25, 0.3) is 0 Å². The Labute approximate surface area is 317 Å². The second-order valence-corrected chi connectivity index (χ2v) is 14.8. The number of hydrogen-bond acceptors (Lipinski definition) is 6. The van der Waals surface area contributed by atoms with Gasteiger partial charge in [0.2, 0.25) is 0 Å². The third-order valence-electron chi connectivity index (χ3n) is 8.52. The summed E-state index contributed by atoms with van der Waals surface area (Å²) in [6.07, 6.45) is 47.9. The molecule has 0 fully saturated rings. The molecule has 0 aromatic rings. The van der Waals surface area contributed by atoms with E-state index in [-0.39, 0.29) is 19.4 Å². The molecule has 0 aliphatic carbocycles. The van der Waals surface area contributed by atoms with Crippen LogP contribution < -0.4 is 0 Å². The van der Waals surface area contributed by atoms with Crippen molar-refractivity contribution in [2.45, 2.75) is 187 Å². The van der Waals surface area contributed by atoms with Crippen LogP contribution >= 0.6 is 7.82 Å². The molecule has 0 aromatic heterocycles. The van der Waals surface area contributed by atoms with Gasteiger partial charge >= 0.3 is 19.8 Å². The fourth-order valence-electron chi connectivity index (χ4n) is 5.48. The number of carbonyl (C=O) groups excluding carboxylic acids is 2. The van der Waals surface area contributed by atoms with Crippen LogP contribution in [0.1, 0.15) is 181 Å². The molecule has 0 rings (SSSR count). The van der Waals surface area contributed by atoms with Gasteiger partial charge in [-0.3, -0.25) is 14.1 Å². The van der Waals surface area contributed by atoms with Crippen LogP contribution in [0, 0.1) is 0 Å². The predicted octanol–water partition coefficient (Wildman–Crippen LogP) is 12.5. The van der Waals surface area contributed by atoms with Crippen LogP contribution in [0.3, 0.4) is 0 Å². The average Bonchev–Trinajstić information content (AvgIpc) is 3.11. The summed E-state index contributed by atoms with van der Waals surface area (Å²) in [5.41, 5.74) is 0. The monoisotopic (exact) mass is 751 g/mol. The molecular weight excluding hydrogens is 675 g/mol. The van der Waals surface area contributed by atoms with Gasteiger partial charge in [0, 0.05) is 12.8 Å². The molecule has 0 aliphatic rings. The van der Waals surface area contributed by atoms with Crippen molar-refractivity contribution in [3.63, 3.8) is 0 Å². The van der Waals surface area contributed by atoms with E-state index in [0.29, 0.717) is 12.8 Å². The highest BCUT2D eigenvalue weighted by Gasteiger charge is 2.22. The maximum atomic E-state index is 12.4. The molecule has 9 heteroatoms. The summed E-state index contributed by atoms with van der Waals surface area (Å²) in [4.78, 5) is 42.8. The standard InChI is InChI=1S/C43H75O8P/c1-3-5-7-9-11-13-15-17-19-20-21-22-24-25-27-29-31-33-35-37-42(44)49-39-41(40-50-52(46,47)48)51-43(45)38-36-34-32-30-28-26-23-18-16-14-12-10-8-6-4-2/h6,8,11-14,17-19,23,41H,3-5,7,9-10,15-16,20-22,24-40H2,1-2H3,(H2,46,47,48)/b8-6-,13-11-,14-12-,19-17-,23-18-/t41-/m1/s1. The number of unbranched alkanes of at least 4 members (excludes halogenated alkanes) is 17. The highest BCUT2D eigenvalue weighted by molar-refractivity contribution is 7.46. The first-order chi connectivity index (χ1) is 25.3. The van der Waals surface area contributed by atoms with Crippen LogP contribution in [0.5, 0.6) is 0 Å². The maximum Gasteiger partial charge on any atom is 0.469 e. The number of rotatable bonds is 37. The van der Waals surface area contributed by atoms with Crippen LogP contribution in [0.2, 0.25) is 0 Å². The zero-order valence-electron chi connectivity index (χ0n) is 32.9. The quantitative estimate of drug-likeness (QED) is 0.0279. The second-order valence-electron chi connectivity index (χ2n) is 13.6. The Morgan fingerprint density at radius 3 is 1.38 bits per heavy atom. The van der Waals surface area contributed by atoms with E-state index in [1.54, 1.807) is 0 Å². The average molecular weight is 751 g/mol. The number of phosphoric ester groups is 1. The Hall–Kier alpha value is -2.25. The third kappa shape index (κ3) is 40.5. The van der Waals surface area contributed by atoms with E-state index in [1.807, 2.05) is 0 Å². The highest BCUT2D eigenvalue weighted by Crippen LogP contribution is 2.36. The van der Waals surface area contributed by atoms with Crippen molar-refractivity contribution in [1.82, 2.24) is 0 Å². The summed E-state index contributed by atoms with van der Waals surface area (Å²) in [6.45, 7) is 3.53. The van der Waals surface area contributed by atoms with Crippen molar-refractivity contribution in [2.75, 3.05) is 13.2 Å². The van der Waals surface area contributed by atoms with Crippen molar-refractivity contribution in [1.29, 1.82) is 0 Å². The van der Waals surface area contributed by atoms with E-state index in [9.17, 15) is 14.2 Å². The summed E-state index contributed by atoms with van der Waals surface area (Å²) in [5.74, 6) is -0.912. The lowest BCUT2D eigenvalue weighted by Gasteiger charge is -2.18. The van der Waals surface area contributed by atoms with Gasteiger partial charge in [-0.05, 0) is 77.0 Å². The van der Waals surface area contributed by atoms with Crippen molar-refractivity contribution in [2.24, 2.45) is 0 Å². The van der Waals surface area contributed by atoms with Crippen molar-refractivity contribution < 1.29 is 37.9 Å². The SMILES string of the molecule is CC/C=C\C/C=C\C/C=C\CCCCCCCC(=O)O[C@H](COC(=O)CCCCCCCCCCC/C=C\C/C=C\CCCCC)COP(=O)(O)O. The van der Waals surface area contributed by atoms with Gasteiger partial charge in [0.05, 0.1) is 6.61 Å². The lowest BCUT2D eigenvalue weighted by atomic mass is 10.1. The fraction of sp³-hybridized carbons (Fsp3) is 0.721. The molecule has 0 saturated carbocycles. The zero-order chi connectivity index (χ0) is 38.2. The van der Waals surface area contributed by atoms with Gasteiger partial charge in [-0.1, -0.05) is 152 Å². The minimum absolute atomic E-state index is 0.189. The number of carbonyl (C=O) groups is 2. The smallest absolute Gasteiger partial charge is 0.462 e. The molecule has 0 spiro atoms. The molecule has 0 amide bonds. The second kappa shape index (κ2) is 38.5. The molecule has 0 aromatic carbocycles. The van der Waals surface area contributed by atoms with Crippen molar-refractivity contribution in [3.8, 4) is 0 Å². The first kappa shape index (κ1) is 49.8. The molecule has 1 atom stereocenters. The van der Waals surface area contributed by atoms with E-state index in [1.165, 1.54) is 57.8 Å². The molecule has 0 bridgehead atoms. The van der Waals surface area contributed by atoms with Gasteiger partial charge in [0.15, 0.2) is 6.10 Å². The summed E-state index contributed by atoms with van der Waals surface area (Å²) in [5, 5.41) is 0. The van der Waals surface area contributed by atoms with Crippen LogP contribution in [0.4, 0.5) is 0 Å². The molecule has 0 radical (unpaired) electrons. The fourth-order valence-corrected chi connectivity index (χ4v) is 5.84. The van der Waals surface area contributed by atoms with Crippen molar-refractivity contribution in [3.05, 3.63) is 60.8 Å². The minimum Gasteiger partial charge on any atom is -0.462 e. The van der Waals surface area contributed by atoms with E-state index in [0.717, 1.165) is 83.5 Å². The topological polar surface area (TPSA) is 119 Å². The summed E-state index contributed by atoms with van der Waals surface area (Å²) in [7, 11) is -4.76. The predicted molar refractivity (Wildman–Crippen MR) is 216 cm³/mol. The van der Waals surface area contributed by atoms with Crippen LogP contribution in [0.15, 0.2) is 60.8 Å². The Balaban J connectivity index is 3.95. The Kier molecular flexibility index (Phi) is 36.8. The normalized spacial score (nSPS) is 13.1. The first-order valence-corrected chi connectivity index (χ1v) is 22.1. The number of esters is 2. The largest absolute Gasteiger partial charge is 0.469 e. The summed E-state index contributed by atoms with van der Waals surface area (Å²) >= 11 is 0. The summed E-state index contributed by atoms with van der Waals surface area (Å²) < 4.78 is 26.4. The lowest BCUT2D eigenvalue weighted by molar-refractivity contribution is -0.161. The van der Waals surface area contributed by atoms with Crippen molar-refractivity contribution >= 4 is 19.8 Å². The summed E-state index contributed by atoms with van der Waals surface area (Å²) in [6, 6.07) is 0. The molecule has 0 saturated heterocycles. The Morgan fingerprint density at radius 1 is 0.519 bits per heavy atom. The molecule has 0 heterocycles. The molecule has 8 nitrogen and oxygen atoms in total. The number of ether oxygens (including phenoxy) is 2. The molecule has 0 unspecified atom stereocenters. The van der Waals surface area contributed by atoms with Gasteiger partial charge < -0.3 is 19.3 Å².